The lowest BCUT2D eigenvalue weighted by Gasteiger charge is -2.15. The summed E-state index contributed by atoms with van der Waals surface area (Å²) in [5.41, 5.74) is 0.255. The van der Waals surface area contributed by atoms with Crippen LogP contribution in [-0.4, -0.2) is 29.3 Å². The van der Waals surface area contributed by atoms with Crippen molar-refractivity contribution in [2.45, 2.75) is 0 Å². The van der Waals surface area contributed by atoms with Gasteiger partial charge in [-0.15, -0.1) is 6.58 Å². The van der Waals surface area contributed by atoms with Crippen molar-refractivity contribution in [3.05, 3.63) is 50.1 Å². The largest absolute Gasteiger partial charge is 0.338 e. The minimum absolute atomic E-state index is 0.0826. The maximum atomic E-state index is 12.0. The molecule has 0 N–H and O–H groups in total. The average Bonchev–Trinajstić information content (AvgIpc) is 2.28. The second-order valence-corrected chi connectivity index (χ2v) is 4.56. The standard InChI is InChI=1S/C11H11IN2O3/c1-3-6-13(2)11(15)9-7-8(14(16)17)4-5-10(9)12/h3-5,7H,1,6H2,2H3. The molecule has 0 saturated carbocycles. The molecule has 0 radical (unpaired) electrons. The molecule has 0 bridgehead atoms. The van der Waals surface area contributed by atoms with Crippen molar-refractivity contribution in [2.24, 2.45) is 0 Å². The summed E-state index contributed by atoms with van der Waals surface area (Å²) >= 11 is 1.98. The van der Waals surface area contributed by atoms with Crippen molar-refractivity contribution in [1.82, 2.24) is 4.90 Å². The van der Waals surface area contributed by atoms with Crippen LogP contribution in [0.5, 0.6) is 0 Å². The highest BCUT2D eigenvalue weighted by Gasteiger charge is 2.17. The summed E-state index contributed by atoms with van der Waals surface area (Å²) in [5.74, 6) is -0.252. The van der Waals surface area contributed by atoms with Crippen LogP contribution >= 0.6 is 22.6 Å². The Balaban J connectivity index is 3.11. The molecule has 0 aromatic heterocycles. The topological polar surface area (TPSA) is 63.5 Å². The normalized spacial score (nSPS) is 9.76. The number of hydrogen-bond acceptors (Lipinski definition) is 3. The van der Waals surface area contributed by atoms with Crippen LogP contribution in [0.15, 0.2) is 30.9 Å². The quantitative estimate of drug-likeness (QED) is 0.364. The minimum atomic E-state index is -0.514. The van der Waals surface area contributed by atoms with Crippen LogP contribution in [0.2, 0.25) is 0 Å². The number of hydrogen-bond donors (Lipinski definition) is 0. The molecule has 1 aromatic carbocycles. The molecule has 0 atom stereocenters. The number of nitro groups is 1. The van der Waals surface area contributed by atoms with Crippen LogP contribution in [0.3, 0.4) is 0 Å². The van der Waals surface area contributed by atoms with E-state index in [1.807, 2.05) is 22.6 Å². The molecule has 0 heterocycles. The Morgan fingerprint density at radius 2 is 2.29 bits per heavy atom. The highest BCUT2D eigenvalue weighted by atomic mass is 127. The Morgan fingerprint density at radius 3 is 2.82 bits per heavy atom. The van der Waals surface area contributed by atoms with Crippen LogP contribution in [0.4, 0.5) is 5.69 Å². The number of nitro benzene ring substituents is 1. The summed E-state index contributed by atoms with van der Waals surface area (Å²) in [7, 11) is 1.62. The van der Waals surface area contributed by atoms with E-state index < -0.39 is 4.92 Å². The van der Waals surface area contributed by atoms with Crippen molar-refractivity contribution in [3.8, 4) is 0 Å². The number of carbonyl (C=O) groups is 1. The van der Waals surface area contributed by atoms with Gasteiger partial charge in [-0.2, -0.15) is 0 Å². The zero-order chi connectivity index (χ0) is 13.0. The molecular weight excluding hydrogens is 335 g/mol. The van der Waals surface area contributed by atoms with Gasteiger partial charge in [-0.3, -0.25) is 14.9 Å². The number of nitrogens with zero attached hydrogens (tertiary/aromatic N) is 2. The van der Waals surface area contributed by atoms with E-state index in [1.165, 1.54) is 17.0 Å². The van der Waals surface area contributed by atoms with Gasteiger partial charge < -0.3 is 4.90 Å². The van der Waals surface area contributed by atoms with Crippen molar-refractivity contribution in [3.63, 3.8) is 0 Å². The van der Waals surface area contributed by atoms with E-state index in [2.05, 4.69) is 6.58 Å². The molecule has 0 aliphatic heterocycles. The van der Waals surface area contributed by atoms with Crippen LogP contribution in [-0.2, 0) is 0 Å². The molecule has 0 saturated heterocycles. The highest BCUT2D eigenvalue weighted by molar-refractivity contribution is 14.1. The Bertz CT molecular complexity index is 474. The second kappa shape index (κ2) is 5.76. The van der Waals surface area contributed by atoms with Crippen LogP contribution < -0.4 is 0 Å². The fourth-order valence-corrected chi connectivity index (χ4v) is 1.84. The number of rotatable bonds is 4. The molecule has 5 nitrogen and oxygen atoms in total. The lowest BCUT2D eigenvalue weighted by atomic mass is 10.2. The summed E-state index contributed by atoms with van der Waals surface area (Å²) in [6, 6.07) is 4.24. The molecule has 1 rings (SSSR count). The van der Waals surface area contributed by atoms with Gasteiger partial charge >= 0.3 is 0 Å². The SMILES string of the molecule is C=CCN(C)C(=O)c1cc([N+](=O)[O-])ccc1I. The molecule has 0 unspecified atom stereocenters. The molecule has 0 aliphatic rings. The predicted molar refractivity (Wildman–Crippen MR) is 73.0 cm³/mol. The molecule has 6 heteroatoms. The first-order valence-electron chi connectivity index (χ1n) is 4.77. The maximum Gasteiger partial charge on any atom is 0.270 e. The van der Waals surface area contributed by atoms with Crippen molar-refractivity contribution >= 4 is 34.2 Å². The minimum Gasteiger partial charge on any atom is -0.338 e. The third-order valence-corrected chi connectivity index (χ3v) is 3.08. The summed E-state index contributed by atoms with van der Waals surface area (Å²) < 4.78 is 0.689. The average molecular weight is 346 g/mol. The van der Waals surface area contributed by atoms with Gasteiger partial charge in [-0.1, -0.05) is 6.08 Å². The van der Waals surface area contributed by atoms with Gasteiger partial charge in [-0.05, 0) is 28.7 Å². The first kappa shape index (κ1) is 13.6. The Morgan fingerprint density at radius 1 is 1.65 bits per heavy atom. The van der Waals surface area contributed by atoms with Crippen LogP contribution in [0.1, 0.15) is 10.4 Å². The van der Waals surface area contributed by atoms with E-state index in [0.29, 0.717) is 15.7 Å². The third-order valence-electron chi connectivity index (χ3n) is 2.14. The fourth-order valence-electron chi connectivity index (χ4n) is 1.27. The Hall–Kier alpha value is -1.44. The first-order valence-corrected chi connectivity index (χ1v) is 5.85. The maximum absolute atomic E-state index is 12.0. The van der Waals surface area contributed by atoms with E-state index in [0.717, 1.165) is 0 Å². The summed E-state index contributed by atoms with van der Waals surface area (Å²) in [6.45, 7) is 3.94. The van der Waals surface area contributed by atoms with Gasteiger partial charge in [0.25, 0.3) is 11.6 Å². The van der Waals surface area contributed by atoms with E-state index in [-0.39, 0.29) is 11.6 Å². The van der Waals surface area contributed by atoms with Crippen molar-refractivity contribution < 1.29 is 9.72 Å². The van der Waals surface area contributed by atoms with E-state index in [1.54, 1.807) is 19.2 Å². The third kappa shape index (κ3) is 3.26. The van der Waals surface area contributed by atoms with E-state index >= 15 is 0 Å². The van der Waals surface area contributed by atoms with Gasteiger partial charge in [0.15, 0.2) is 0 Å². The van der Waals surface area contributed by atoms with Gasteiger partial charge in [0.2, 0.25) is 0 Å². The highest BCUT2D eigenvalue weighted by Crippen LogP contribution is 2.20. The van der Waals surface area contributed by atoms with Crippen molar-refractivity contribution in [1.29, 1.82) is 0 Å². The van der Waals surface area contributed by atoms with Crippen LogP contribution in [0.25, 0.3) is 0 Å². The van der Waals surface area contributed by atoms with E-state index in [9.17, 15) is 14.9 Å². The summed E-state index contributed by atoms with van der Waals surface area (Å²) in [6.07, 6.45) is 1.60. The predicted octanol–water partition coefficient (Wildman–Crippen LogP) is 2.46. The molecule has 1 amide bonds. The zero-order valence-corrected chi connectivity index (χ0v) is 11.4. The molecule has 1 aromatic rings. The number of non-ortho nitro benzene ring substituents is 1. The number of likely N-dealkylation sites (N-methyl/N-ethyl adjacent to an activating group) is 1. The van der Waals surface area contributed by atoms with Crippen molar-refractivity contribution in [2.75, 3.05) is 13.6 Å². The second-order valence-electron chi connectivity index (χ2n) is 3.40. The molecule has 0 aliphatic carbocycles. The number of amides is 1. The zero-order valence-electron chi connectivity index (χ0n) is 9.22. The number of benzene rings is 1. The molecule has 0 spiro atoms. The van der Waals surface area contributed by atoms with Gasteiger partial charge in [0, 0.05) is 29.3 Å². The lowest BCUT2D eigenvalue weighted by Crippen LogP contribution is -2.27. The molecule has 17 heavy (non-hydrogen) atoms. The Labute approximate surface area is 112 Å². The Kier molecular flexibility index (Phi) is 4.62. The smallest absolute Gasteiger partial charge is 0.270 e. The fraction of sp³-hybridized carbons (Fsp3) is 0.182. The van der Waals surface area contributed by atoms with Gasteiger partial charge in [0.05, 0.1) is 10.5 Å². The lowest BCUT2D eigenvalue weighted by molar-refractivity contribution is -0.384. The summed E-state index contributed by atoms with van der Waals surface area (Å²) in [5, 5.41) is 10.6. The van der Waals surface area contributed by atoms with Crippen LogP contribution in [0, 0.1) is 13.7 Å². The van der Waals surface area contributed by atoms with Gasteiger partial charge in [-0.25, -0.2) is 0 Å². The van der Waals surface area contributed by atoms with Gasteiger partial charge in [0.1, 0.15) is 0 Å². The number of halogens is 1. The van der Waals surface area contributed by atoms with E-state index in [4.69, 9.17) is 0 Å². The molecular formula is C11H11IN2O3. The number of carbonyl (C=O) groups excluding carboxylic acids is 1. The molecule has 0 fully saturated rings. The monoisotopic (exact) mass is 346 g/mol. The molecule has 90 valence electrons. The first-order chi connectivity index (χ1) is 7.97. The summed E-state index contributed by atoms with van der Waals surface area (Å²) in [4.78, 5) is 23.6.